The van der Waals surface area contributed by atoms with Crippen LogP contribution in [0.4, 0.5) is 5.69 Å². The molecule has 0 aliphatic carbocycles. The average molecular weight is 359 g/mol. The van der Waals surface area contributed by atoms with Crippen molar-refractivity contribution in [2.75, 3.05) is 31.6 Å². The van der Waals surface area contributed by atoms with Crippen LogP contribution in [0.3, 0.4) is 0 Å². The summed E-state index contributed by atoms with van der Waals surface area (Å²) in [7, 11) is -1.81. The highest BCUT2D eigenvalue weighted by atomic mass is 32.2. The predicted octanol–water partition coefficient (Wildman–Crippen LogP) is 2.48. The summed E-state index contributed by atoms with van der Waals surface area (Å²) in [4.78, 5) is 2.32. The Morgan fingerprint density at radius 2 is 1.72 bits per heavy atom. The lowest BCUT2D eigenvalue weighted by molar-refractivity contribution is 0.395. The normalized spacial score (nSPS) is 18.0. The number of anilines is 1. The van der Waals surface area contributed by atoms with E-state index in [9.17, 15) is 8.42 Å². The third-order valence-corrected chi connectivity index (χ3v) is 6.11. The fraction of sp³-hybridized carbons (Fsp3) is 0.368. The molecule has 1 atom stereocenters. The molecule has 25 heavy (non-hydrogen) atoms. The molecule has 1 saturated heterocycles. The highest BCUT2D eigenvalue weighted by Crippen LogP contribution is 2.24. The molecule has 134 valence electrons. The lowest BCUT2D eigenvalue weighted by Crippen LogP contribution is -2.40. The van der Waals surface area contributed by atoms with Crippen LogP contribution in [-0.2, 0) is 16.8 Å². The highest BCUT2D eigenvalue weighted by Gasteiger charge is 2.27. The largest absolute Gasteiger partial charge is 0.371 e. The maximum Gasteiger partial charge on any atom is 0.279 e. The minimum Gasteiger partial charge on any atom is -0.371 e. The molecule has 0 saturated carbocycles. The van der Waals surface area contributed by atoms with Crippen molar-refractivity contribution in [2.24, 2.45) is 5.92 Å². The van der Waals surface area contributed by atoms with Gasteiger partial charge < -0.3 is 4.90 Å². The lowest BCUT2D eigenvalue weighted by atomic mass is 10.1. The summed E-state index contributed by atoms with van der Waals surface area (Å²) in [5, 5.41) is 0. The smallest absolute Gasteiger partial charge is 0.279 e. The molecule has 0 amide bonds. The Balaban J connectivity index is 1.52. The van der Waals surface area contributed by atoms with Gasteiger partial charge in [-0.1, -0.05) is 48.5 Å². The first-order valence-electron chi connectivity index (χ1n) is 8.59. The molecule has 1 N–H and O–H groups in total. The second-order valence-electron chi connectivity index (χ2n) is 6.53. The van der Waals surface area contributed by atoms with Gasteiger partial charge in [0.1, 0.15) is 0 Å². The molecule has 2 aromatic rings. The fourth-order valence-corrected chi connectivity index (χ4v) is 4.17. The monoisotopic (exact) mass is 359 g/mol. The zero-order valence-electron chi connectivity index (χ0n) is 14.5. The molecular formula is C19H25N3O2S. The molecule has 2 aromatic carbocycles. The average Bonchev–Trinajstić information content (AvgIpc) is 3.10. The van der Waals surface area contributed by atoms with Crippen molar-refractivity contribution >= 4 is 15.9 Å². The van der Waals surface area contributed by atoms with Crippen molar-refractivity contribution in [1.29, 1.82) is 0 Å². The van der Waals surface area contributed by atoms with Gasteiger partial charge in [0.2, 0.25) is 0 Å². The fourth-order valence-electron chi connectivity index (χ4n) is 3.20. The van der Waals surface area contributed by atoms with E-state index in [1.54, 1.807) is 7.05 Å². The van der Waals surface area contributed by atoms with Gasteiger partial charge in [-0.15, -0.1) is 0 Å². The maximum absolute atomic E-state index is 12.4. The Morgan fingerprint density at radius 1 is 1.08 bits per heavy atom. The third kappa shape index (κ3) is 4.81. The second-order valence-corrected chi connectivity index (χ2v) is 8.39. The summed E-state index contributed by atoms with van der Waals surface area (Å²) in [6.07, 6.45) is 1.01. The Labute approximate surface area is 150 Å². The number of benzene rings is 2. The zero-order valence-corrected chi connectivity index (χ0v) is 15.3. The number of nitrogens with zero attached hydrogens (tertiary/aromatic N) is 2. The first kappa shape index (κ1) is 17.9. The van der Waals surface area contributed by atoms with E-state index < -0.39 is 10.2 Å². The van der Waals surface area contributed by atoms with Crippen molar-refractivity contribution in [2.45, 2.75) is 13.0 Å². The summed E-state index contributed by atoms with van der Waals surface area (Å²) < 4.78 is 29.0. The molecule has 1 fully saturated rings. The minimum atomic E-state index is -3.46. The zero-order chi connectivity index (χ0) is 17.7. The summed E-state index contributed by atoms with van der Waals surface area (Å²) in [6.45, 7) is 2.71. The maximum atomic E-state index is 12.4. The van der Waals surface area contributed by atoms with Crippen LogP contribution >= 0.6 is 0 Å². The molecule has 1 aliphatic heterocycles. The van der Waals surface area contributed by atoms with Crippen LogP contribution in [0.25, 0.3) is 0 Å². The van der Waals surface area contributed by atoms with Crippen LogP contribution in [0.1, 0.15) is 12.0 Å². The van der Waals surface area contributed by atoms with Crippen LogP contribution in [-0.4, -0.2) is 39.4 Å². The summed E-state index contributed by atoms with van der Waals surface area (Å²) in [6, 6.07) is 19.8. The van der Waals surface area contributed by atoms with E-state index in [4.69, 9.17) is 0 Å². The molecule has 0 radical (unpaired) electrons. The Morgan fingerprint density at radius 3 is 2.40 bits per heavy atom. The predicted molar refractivity (Wildman–Crippen MR) is 102 cm³/mol. The van der Waals surface area contributed by atoms with Gasteiger partial charge in [-0.3, -0.25) is 0 Å². The van der Waals surface area contributed by atoms with E-state index >= 15 is 0 Å². The standard InChI is InChI=1S/C19H25N3O2S/c1-21(25(23,24)20-14-17-8-4-2-5-9-17)15-18-12-13-22(16-18)19-10-6-3-7-11-19/h2-11,18,20H,12-16H2,1H3. The van der Waals surface area contributed by atoms with Crippen LogP contribution in [0.2, 0.25) is 0 Å². The molecule has 6 heteroatoms. The van der Waals surface area contributed by atoms with E-state index in [1.807, 2.05) is 48.5 Å². The van der Waals surface area contributed by atoms with Gasteiger partial charge in [0.15, 0.2) is 0 Å². The first-order chi connectivity index (χ1) is 12.0. The van der Waals surface area contributed by atoms with Crippen LogP contribution in [0.15, 0.2) is 60.7 Å². The van der Waals surface area contributed by atoms with Crippen molar-refractivity contribution in [3.8, 4) is 0 Å². The van der Waals surface area contributed by atoms with Crippen molar-refractivity contribution in [3.05, 3.63) is 66.2 Å². The van der Waals surface area contributed by atoms with Crippen LogP contribution in [0, 0.1) is 5.92 Å². The second kappa shape index (κ2) is 7.99. The Hall–Kier alpha value is -1.89. The lowest BCUT2D eigenvalue weighted by Gasteiger charge is -2.22. The topological polar surface area (TPSA) is 52.7 Å². The van der Waals surface area contributed by atoms with E-state index in [2.05, 4.69) is 21.8 Å². The van der Waals surface area contributed by atoms with Gasteiger partial charge in [-0.05, 0) is 30.0 Å². The number of hydrogen-bond acceptors (Lipinski definition) is 3. The van der Waals surface area contributed by atoms with Crippen LogP contribution < -0.4 is 9.62 Å². The molecule has 0 spiro atoms. The van der Waals surface area contributed by atoms with Crippen molar-refractivity contribution < 1.29 is 8.42 Å². The summed E-state index contributed by atoms with van der Waals surface area (Å²) in [5.41, 5.74) is 2.16. The van der Waals surface area contributed by atoms with Gasteiger partial charge in [-0.2, -0.15) is 17.4 Å². The highest BCUT2D eigenvalue weighted by molar-refractivity contribution is 7.87. The molecule has 5 nitrogen and oxygen atoms in total. The molecular weight excluding hydrogens is 334 g/mol. The number of para-hydroxylation sites is 1. The molecule has 0 bridgehead atoms. The third-order valence-electron chi connectivity index (χ3n) is 4.63. The van der Waals surface area contributed by atoms with Gasteiger partial charge >= 0.3 is 0 Å². The Bertz CT molecular complexity index is 766. The molecule has 0 aromatic heterocycles. The van der Waals surface area contributed by atoms with Gasteiger partial charge in [0.05, 0.1) is 0 Å². The van der Waals surface area contributed by atoms with E-state index in [-0.39, 0.29) is 0 Å². The number of rotatable bonds is 7. The van der Waals surface area contributed by atoms with E-state index in [0.717, 1.165) is 25.1 Å². The summed E-state index contributed by atoms with van der Waals surface area (Å²) in [5.74, 6) is 0.346. The SMILES string of the molecule is CN(CC1CCN(c2ccccc2)C1)S(=O)(=O)NCc1ccccc1. The first-order valence-corrected chi connectivity index (χ1v) is 10.0. The van der Waals surface area contributed by atoms with E-state index in [1.165, 1.54) is 9.99 Å². The quantitative estimate of drug-likeness (QED) is 0.826. The van der Waals surface area contributed by atoms with Gasteiger partial charge in [-0.25, -0.2) is 0 Å². The van der Waals surface area contributed by atoms with E-state index in [0.29, 0.717) is 19.0 Å². The minimum absolute atomic E-state index is 0.314. The summed E-state index contributed by atoms with van der Waals surface area (Å²) >= 11 is 0. The van der Waals surface area contributed by atoms with Crippen molar-refractivity contribution in [1.82, 2.24) is 9.03 Å². The molecule has 1 aliphatic rings. The van der Waals surface area contributed by atoms with Gasteiger partial charge in [0.25, 0.3) is 10.2 Å². The molecule has 1 unspecified atom stereocenters. The molecule has 3 rings (SSSR count). The van der Waals surface area contributed by atoms with Crippen LogP contribution in [0.5, 0.6) is 0 Å². The number of hydrogen-bond donors (Lipinski definition) is 1. The Kier molecular flexibility index (Phi) is 5.73. The van der Waals surface area contributed by atoms with Crippen molar-refractivity contribution in [3.63, 3.8) is 0 Å². The van der Waals surface area contributed by atoms with Gasteiger partial charge in [0, 0.05) is 38.9 Å². The molecule has 1 heterocycles. The number of nitrogens with one attached hydrogen (secondary N) is 1.